The van der Waals surface area contributed by atoms with Gasteiger partial charge < -0.3 is 19.5 Å². The number of likely N-dealkylation sites (N-methyl/N-ethyl adjacent to an activating group) is 2. The lowest BCUT2D eigenvalue weighted by molar-refractivity contribution is 0.214. The summed E-state index contributed by atoms with van der Waals surface area (Å²) in [5.41, 5.74) is 1.31. The van der Waals surface area contributed by atoms with E-state index in [0.29, 0.717) is 12.1 Å². The highest BCUT2D eigenvalue weighted by Crippen LogP contribution is 2.18. The van der Waals surface area contributed by atoms with Crippen molar-refractivity contribution in [2.75, 3.05) is 27.2 Å². The lowest BCUT2D eigenvalue weighted by atomic mass is 10.2. The van der Waals surface area contributed by atoms with E-state index in [1.54, 1.807) is 0 Å². The van der Waals surface area contributed by atoms with Gasteiger partial charge in [0.1, 0.15) is 5.76 Å². The third kappa shape index (κ3) is 4.33. The molecule has 4 heteroatoms. The topological polar surface area (TPSA) is 31.7 Å². The summed E-state index contributed by atoms with van der Waals surface area (Å²) in [5.74, 6) is 1.07. The second kappa shape index (κ2) is 7.25. The molecule has 0 aromatic carbocycles. The number of hydrogen-bond acceptors (Lipinski definition) is 4. The quantitative estimate of drug-likeness (QED) is 0.830. The molecule has 1 aromatic heterocycles. The van der Waals surface area contributed by atoms with Gasteiger partial charge in [0.2, 0.25) is 0 Å². The summed E-state index contributed by atoms with van der Waals surface area (Å²) in [7, 11) is 4.44. The minimum Gasteiger partial charge on any atom is -0.468 e. The van der Waals surface area contributed by atoms with Crippen molar-refractivity contribution < 1.29 is 4.42 Å². The maximum atomic E-state index is 5.61. The molecule has 1 aliphatic rings. The molecule has 1 N–H and O–H groups in total. The summed E-state index contributed by atoms with van der Waals surface area (Å²) in [6.07, 6.45) is 4.47. The summed E-state index contributed by atoms with van der Waals surface area (Å²) in [4.78, 5) is 4.89. The Bertz CT molecular complexity index is 402. The monoisotopic (exact) mass is 279 g/mol. The Hall–Kier alpha value is -0.840. The molecule has 0 bridgehead atoms. The van der Waals surface area contributed by atoms with Crippen LogP contribution in [0.3, 0.4) is 0 Å². The molecule has 0 aliphatic carbocycles. The van der Waals surface area contributed by atoms with Crippen molar-refractivity contribution in [1.29, 1.82) is 0 Å². The fourth-order valence-electron chi connectivity index (χ4n) is 2.88. The Kier molecular flexibility index (Phi) is 5.64. The fourth-order valence-corrected chi connectivity index (χ4v) is 2.88. The molecule has 4 nitrogen and oxygen atoms in total. The predicted octanol–water partition coefficient (Wildman–Crippen LogP) is 2.30. The maximum Gasteiger partial charge on any atom is 0.122 e. The van der Waals surface area contributed by atoms with Crippen LogP contribution in [0.5, 0.6) is 0 Å². The molecule has 1 aromatic rings. The third-order valence-electron chi connectivity index (χ3n) is 4.14. The highest BCUT2D eigenvalue weighted by Gasteiger charge is 2.22. The maximum absolute atomic E-state index is 5.61. The zero-order valence-electron chi connectivity index (χ0n) is 13.4. The van der Waals surface area contributed by atoms with Gasteiger partial charge in [0.25, 0.3) is 0 Å². The van der Waals surface area contributed by atoms with Gasteiger partial charge in [-0.1, -0.05) is 13.8 Å². The van der Waals surface area contributed by atoms with Crippen molar-refractivity contribution in [3.8, 4) is 0 Å². The Morgan fingerprint density at radius 3 is 2.95 bits per heavy atom. The minimum absolute atomic E-state index is 0.484. The number of nitrogens with zero attached hydrogens (tertiary/aromatic N) is 2. The normalized spacial score (nSPS) is 20.4. The summed E-state index contributed by atoms with van der Waals surface area (Å²) in [6, 6.07) is 3.30. The van der Waals surface area contributed by atoms with E-state index in [4.69, 9.17) is 4.42 Å². The van der Waals surface area contributed by atoms with E-state index in [1.165, 1.54) is 24.9 Å². The van der Waals surface area contributed by atoms with Crippen molar-refractivity contribution in [3.05, 3.63) is 23.7 Å². The first-order valence-electron chi connectivity index (χ1n) is 7.73. The summed E-state index contributed by atoms with van der Waals surface area (Å²) < 4.78 is 5.61. The molecule has 2 rings (SSSR count). The summed E-state index contributed by atoms with van der Waals surface area (Å²) >= 11 is 0. The van der Waals surface area contributed by atoms with Crippen LogP contribution in [0.25, 0.3) is 0 Å². The Balaban J connectivity index is 1.84. The van der Waals surface area contributed by atoms with Crippen molar-refractivity contribution in [1.82, 2.24) is 15.1 Å². The van der Waals surface area contributed by atoms with Gasteiger partial charge in [-0.2, -0.15) is 0 Å². The van der Waals surface area contributed by atoms with Crippen LogP contribution < -0.4 is 5.32 Å². The molecule has 0 spiro atoms. The van der Waals surface area contributed by atoms with Crippen molar-refractivity contribution in [3.63, 3.8) is 0 Å². The van der Waals surface area contributed by atoms with Gasteiger partial charge in [0.15, 0.2) is 0 Å². The first-order valence-corrected chi connectivity index (χ1v) is 7.73. The molecule has 1 fully saturated rings. The van der Waals surface area contributed by atoms with Crippen LogP contribution in [0.15, 0.2) is 16.7 Å². The standard InChI is InChI=1S/C16H29N3O/c1-13(2)17-10-16-14(7-9-20-16)11-18(3)12-15-6-5-8-19(15)4/h7,9,13,15,17H,5-6,8,10-12H2,1-4H3. The number of nitrogens with one attached hydrogen (secondary N) is 1. The molecule has 0 amide bonds. The first-order chi connectivity index (χ1) is 9.56. The Morgan fingerprint density at radius 1 is 1.50 bits per heavy atom. The fraction of sp³-hybridized carbons (Fsp3) is 0.750. The zero-order chi connectivity index (χ0) is 14.5. The molecule has 1 aliphatic heterocycles. The van der Waals surface area contributed by atoms with Crippen LogP contribution in [-0.2, 0) is 13.1 Å². The molecule has 1 saturated heterocycles. The lowest BCUT2D eigenvalue weighted by Gasteiger charge is -2.25. The van der Waals surface area contributed by atoms with Gasteiger partial charge in [-0.25, -0.2) is 0 Å². The van der Waals surface area contributed by atoms with E-state index >= 15 is 0 Å². The molecular weight excluding hydrogens is 250 g/mol. The summed E-state index contributed by atoms with van der Waals surface area (Å²) in [5, 5.41) is 3.42. The highest BCUT2D eigenvalue weighted by molar-refractivity contribution is 5.16. The average Bonchev–Trinajstić information content (AvgIpc) is 2.97. The van der Waals surface area contributed by atoms with Crippen LogP contribution in [0.1, 0.15) is 38.0 Å². The van der Waals surface area contributed by atoms with Crippen LogP contribution >= 0.6 is 0 Å². The molecule has 1 atom stereocenters. The molecule has 0 radical (unpaired) electrons. The van der Waals surface area contributed by atoms with Crippen molar-refractivity contribution in [2.45, 2.75) is 51.9 Å². The largest absolute Gasteiger partial charge is 0.468 e. The molecule has 2 heterocycles. The Labute approximate surface area is 123 Å². The van der Waals surface area contributed by atoms with Gasteiger partial charge >= 0.3 is 0 Å². The van der Waals surface area contributed by atoms with Gasteiger partial charge in [-0.15, -0.1) is 0 Å². The minimum atomic E-state index is 0.484. The number of likely N-dealkylation sites (tertiary alicyclic amines) is 1. The smallest absolute Gasteiger partial charge is 0.122 e. The van der Waals surface area contributed by atoms with Crippen LogP contribution in [0.2, 0.25) is 0 Å². The molecule has 114 valence electrons. The van der Waals surface area contributed by atoms with Crippen LogP contribution in [0.4, 0.5) is 0 Å². The SMILES string of the molecule is CC(C)NCc1occc1CN(C)CC1CCCN1C. The number of furan rings is 1. The number of rotatable bonds is 7. The first kappa shape index (κ1) is 15.5. The lowest BCUT2D eigenvalue weighted by Crippen LogP contribution is -2.36. The zero-order valence-corrected chi connectivity index (χ0v) is 13.4. The second-order valence-corrected chi connectivity index (χ2v) is 6.38. The van der Waals surface area contributed by atoms with Gasteiger partial charge in [-0.3, -0.25) is 0 Å². The van der Waals surface area contributed by atoms with Gasteiger partial charge in [0, 0.05) is 30.7 Å². The van der Waals surface area contributed by atoms with Crippen molar-refractivity contribution in [2.24, 2.45) is 0 Å². The molecular formula is C16H29N3O. The third-order valence-corrected chi connectivity index (χ3v) is 4.14. The van der Waals surface area contributed by atoms with Gasteiger partial charge in [0.05, 0.1) is 12.8 Å². The van der Waals surface area contributed by atoms with Crippen LogP contribution in [-0.4, -0.2) is 49.1 Å². The van der Waals surface area contributed by atoms with E-state index in [-0.39, 0.29) is 0 Å². The highest BCUT2D eigenvalue weighted by atomic mass is 16.3. The Morgan fingerprint density at radius 2 is 2.30 bits per heavy atom. The summed E-state index contributed by atoms with van der Waals surface area (Å²) in [6.45, 7) is 8.48. The van der Waals surface area contributed by atoms with Crippen LogP contribution in [0, 0.1) is 0 Å². The van der Waals surface area contributed by atoms with E-state index in [2.05, 4.69) is 49.1 Å². The van der Waals surface area contributed by atoms with E-state index in [0.717, 1.165) is 25.4 Å². The van der Waals surface area contributed by atoms with E-state index in [9.17, 15) is 0 Å². The molecule has 1 unspecified atom stereocenters. The number of hydrogen-bond donors (Lipinski definition) is 1. The molecule has 20 heavy (non-hydrogen) atoms. The second-order valence-electron chi connectivity index (χ2n) is 6.38. The van der Waals surface area contributed by atoms with Gasteiger partial charge in [-0.05, 0) is 39.5 Å². The molecule has 0 saturated carbocycles. The van der Waals surface area contributed by atoms with Crippen molar-refractivity contribution >= 4 is 0 Å². The van der Waals surface area contributed by atoms with E-state index < -0.39 is 0 Å². The van der Waals surface area contributed by atoms with E-state index in [1.807, 2.05) is 6.26 Å². The average molecular weight is 279 g/mol. The predicted molar refractivity (Wildman–Crippen MR) is 82.7 cm³/mol.